The maximum absolute atomic E-state index is 12.8. The lowest BCUT2D eigenvalue weighted by molar-refractivity contribution is -0.116. The van der Waals surface area contributed by atoms with Gasteiger partial charge in [0, 0.05) is 10.1 Å². The molecule has 0 unspecified atom stereocenters. The molecule has 28 heavy (non-hydrogen) atoms. The summed E-state index contributed by atoms with van der Waals surface area (Å²) in [5.41, 5.74) is 0.924. The second-order valence-corrected chi connectivity index (χ2v) is 7.09. The first kappa shape index (κ1) is 17.9. The molecule has 1 N–H and O–H groups in total. The predicted octanol–water partition coefficient (Wildman–Crippen LogP) is 3.04. The van der Waals surface area contributed by atoms with Crippen LogP contribution in [0.3, 0.4) is 0 Å². The Morgan fingerprint density at radius 1 is 1.14 bits per heavy atom. The number of carbonyl (C=O) groups is 2. The molecule has 8 heteroatoms. The first-order valence-corrected chi connectivity index (χ1v) is 9.24. The SMILES string of the molecule is COC(=O)c1ccccc1NC(=O)Cn1cnc2c(sc3ccccc32)c1=O. The number of nitrogens with one attached hydrogen (secondary N) is 1. The number of fused-ring (bicyclic) bond motifs is 3. The summed E-state index contributed by atoms with van der Waals surface area (Å²) in [4.78, 5) is 41.4. The Morgan fingerprint density at radius 2 is 1.89 bits per heavy atom. The molecule has 2 aromatic heterocycles. The highest BCUT2D eigenvalue weighted by molar-refractivity contribution is 7.25. The van der Waals surface area contributed by atoms with Gasteiger partial charge in [-0.3, -0.25) is 14.2 Å². The molecule has 4 rings (SSSR count). The third-order valence-electron chi connectivity index (χ3n) is 4.27. The summed E-state index contributed by atoms with van der Waals surface area (Å²) >= 11 is 1.35. The summed E-state index contributed by atoms with van der Waals surface area (Å²) in [6.07, 6.45) is 1.37. The van der Waals surface area contributed by atoms with E-state index in [0.29, 0.717) is 15.9 Å². The monoisotopic (exact) mass is 393 g/mol. The lowest BCUT2D eigenvalue weighted by Gasteiger charge is -2.10. The molecule has 0 aliphatic carbocycles. The van der Waals surface area contributed by atoms with E-state index in [9.17, 15) is 14.4 Å². The number of methoxy groups -OCH3 is 1. The number of hydrogen-bond acceptors (Lipinski definition) is 6. The molecular formula is C20H15N3O4S. The van der Waals surface area contributed by atoms with Crippen LogP contribution < -0.4 is 10.9 Å². The van der Waals surface area contributed by atoms with E-state index in [1.807, 2.05) is 24.3 Å². The minimum Gasteiger partial charge on any atom is -0.465 e. The summed E-state index contributed by atoms with van der Waals surface area (Å²) < 4.78 is 7.45. The third-order valence-corrected chi connectivity index (χ3v) is 5.42. The average molecular weight is 393 g/mol. The molecule has 0 bridgehead atoms. The van der Waals surface area contributed by atoms with Gasteiger partial charge in [-0.05, 0) is 18.2 Å². The Morgan fingerprint density at radius 3 is 2.71 bits per heavy atom. The number of amides is 1. The van der Waals surface area contributed by atoms with Crippen molar-refractivity contribution in [2.75, 3.05) is 12.4 Å². The van der Waals surface area contributed by atoms with Gasteiger partial charge in [0.25, 0.3) is 5.56 Å². The van der Waals surface area contributed by atoms with Gasteiger partial charge < -0.3 is 10.1 Å². The van der Waals surface area contributed by atoms with Crippen molar-refractivity contribution in [3.8, 4) is 0 Å². The zero-order valence-corrected chi connectivity index (χ0v) is 15.7. The van der Waals surface area contributed by atoms with Crippen LogP contribution in [0.15, 0.2) is 59.7 Å². The van der Waals surface area contributed by atoms with Crippen LogP contribution in [0.2, 0.25) is 0 Å². The number of thiophene rings is 1. The molecular weight excluding hydrogens is 378 g/mol. The van der Waals surface area contributed by atoms with E-state index in [1.165, 1.54) is 29.3 Å². The number of carbonyl (C=O) groups excluding carboxylic acids is 2. The fourth-order valence-corrected chi connectivity index (χ4v) is 4.06. The number of benzene rings is 2. The molecule has 140 valence electrons. The molecule has 7 nitrogen and oxygen atoms in total. The molecule has 0 aliphatic heterocycles. The zero-order chi connectivity index (χ0) is 19.7. The molecule has 2 aromatic carbocycles. The van der Waals surface area contributed by atoms with E-state index in [-0.39, 0.29) is 17.7 Å². The highest BCUT2D eigenvalue weighted by atomic mass is 32.1. The molecule has 4 aromatic rings. The number of nitrogens with zero attached hydrogens (tertiary/aromatic N) is 2. The van der Waals surface area contributed by atoms with Crippen molar-refractivity contribution in [2.24, 2.45) is 0 Å². The van der Waals surface area contributed by atoms with Gasteiger partial charge in [0.2, 0.25) is 5.91 Å². The minimum absolute atomic E-state index is 0.217. The number of aromatic nitrogens is 2. The van der Waals surface area contributed by atoms with Crippen LogP contribution in [0, 0.1) is 0 Å². The maximum Gasteiger partial charge on any atom is 0.339 e. The van der Waals surface area contributed by atoms with E-state index in [4.69, 9.17) is 4.74 Å². The lowest BCUT2D eigenvalue weighted by Crippen LogP contribution is -2.28. The van der Waals surface area contributed by atoms with Crippen molar-refractivity contribution in [3.05, 3.63) is 70.8 Å². The second kappa shape index (κ2) is 7.24. The van der Waals surface area contributed by atoms with Crippen LogP contribution in [-0.4, -0.2) is 28.5 Å². The normalized spacial score (nSPS) is 10.9. The van der Waals surface area contributed by atoms with Crippen LogP contribution in [-0.2, 0) is 16.1 Å². The summed E-state index contributed by atoms with van der Waals surface area (Å²) in [6.45, 7) is -0.217. The van der Waals surface area contributed by atoms with Crippen molar-refractivity contribution in [2.45, 2.75) is 6.54 Å². The van der Waals surface area contributed by atoms with Gasteiger partial charge in [-0.25, -0.2) is 9.78 Å². The van der Waals surface area contributed by atoms with E-state index in [1.54, 1.807) is 24.3 Å². The Bertz CT molecular complexity index is 1280. The number of hydrogen-bond donors (Lipinski definition) is 1. The van der Waals surface area contributed by atoms with Crippen LogP contribution in [0.1, 0.15) is 10.4 Å². The van der Waals surface area contributed by atoms with Crippen molar-refractivity contribution >= 4 is 49.2 Å². The highest BCUT2D eigenvalue weighted by Gasteiger charge is 2.16. The number of para-hydroxylation sites is 1. The van der Waals surface area contributed by atoms with Gasteiger partial charge in [0.1, 0.15) is 11.2 Å². The Hall–Kier alpha value is -3.52. The van der Waals surface area contributed by atoms with Gasteiger partial charge in [-0.15, -0.1) is 11.3 Å². The minimum atomic E-state index is -0.554. The summed E-state index contributed by atoms with van der Waals surface area (Å²) in [7, 11) is 1.27. The second-order valence-electron chi connectivity index (χ2n) is 6.04. The highest BCUT2D eigenvalue weighted by Crippen LogP contribution is 2.29. The van der Waals surface area contributed by atoms with E-state index < -0.39 is 11.9 Å². The van der Waals surface area contributed by atoms with Gasteiger partial charge in [-0.2, -0.15) is 0 Å². The number of esters is 1. The van der Waals surface area contributed by atoms with Crippen LogP contribution in [0.4, 0.5) is 5.69 Å². The van der Waals surface area contributed by atoms with E-state index in [0.717, 1.165) is 10.1 Å². The first-order valence-electron chi connectivity index (χ1n) is 8.42. The van der Waals surface area contributed by atoms with Crippen molar-refractivity contribution in [3.63, 3.8) is 0 Å². The van der Waals surface area contributed by atoms with Crippen LogP contribution >= 0.6 is 11.3 Å². The fourth-order valence-electron chi connectivity index (χ4n) is 2.95. The number of anilines is 1. The largest absolute Gasteiger partial charge is 0.465 e. The topological polar surface area (TPSA) is 90.3 Å². The van der Waals surface area contributed by atoms with Gasteiger partial charge >= 0.3 is 5.97 Å². The van der Waals surface area contributed by atoms with Crippen LogP contribution in [0.5, 0.6) is 0 Å². The van der Waals surface area contributed by atoms with Gasteiger partial charge in [-0.1, -0.05) is 30.3 Å². The Labute approximate surface area is 163 Å². The molecule has 0 aliphatic rings. The Balaban J connectivity index is 1.63. The maximum atomic E-state index is 12.8. The lowest BCUT2D eigenvalue weighted by atomic mass is 10.2. The summed E-state index contributed by atoms with van der Waals surface area (Å²) in [6, 6.07) is 14.2. The standard InChI is InChI=1S/C20H15N3O4S/c1-27-20(26)12-6-2-4-8-14(12)22-16(24)10-23-11-21-17-13-7-3-5-9-15(13)28-18(17)19(23)25/h2-9,11H,10H2,1H3,(H,22,24). The molecule has 1 amide bonds. The molecule has 0 atom stereocenters. The molecule has 0 radical (unpaired) electrons. The Kier molecular flexibility index (Phi) is 4.62. The molecule has 0 saturated heterocycles. The average Bonchev–Trinajstić information content (AvgIpc) is 3.09. The molecule has 0 spiro atoms. The number of ether oxygens (including phenoxy) is 1. The van der Waals surface area contributed by atoms with Crippen molar-refractivity contribution in [1.29, 1.82) is 0 Å². The fraction of sp³-hybridized carbons (Fsp3) is 0.100. The number of rotatable bonds is 4. The van der Waals surface area contributed by atoms with Crippen LogP contribution in [0.25, 0.3) is 20.3 Å². The first-order chi connectivity index (χ1) is 13.6. The zero-order valence-electron chi connectivity index (χ0n) is 14.8. The third kappa shape index (κ3) is 3.14. The molecule has 2 heterocycles. The van der Waals surface area contributed by atoms with Crippen molar-refractivity contribution < 1.29 is 14.3 Å². The molecule has 0 saturated carbocycles. The van der Waals surface area contributed by atoms with E-state index >= 15 is 0 Å². The van der Waals surface area contributed by atoms with Crippen molar-refractivity contribution in [1.82, 2.24) is 9.55 Å². The smallest absolute Gasteiger partial charge is 0.339 e. The summed E-state index contributed by atoms with van der Waals surface area (Å²) in [5, 5.41) is 3.57. The van der Waals surface area contributed by atoms with E-state index in [2.05, 4.69) is 10.3 Å². The summed E-state index contributed by atoms with van der Waals surface area (Å²) in [5.74, 6) is -0.998. The van der Waals surface area contributed by atoms with Gasteiger partial charge in [0.05, 0.1) is 30.2 Å². The molecule has 0 fully saturated rings. The predicted molar refractivity (Wildman–Crippen MR) is 108 cm³/mol. The van der Waals surface area contributed by atoms with Gasteiger partial charge in [0.15, 0.2) is 0 Å². The quantitative estimate of drug-likeness (QED) is 0.538.